The van der Waals surface area contributed by atoms with Crippen LogP contribution in [0.2, 0.25) is 0 Å². The third kappa shape index (κ3) is 2.51. The van der Waals surface area contributed by atoms with E-state index >= 15 is 0 Å². The summed E-state index contributed by atoms with van der Waals surface area (Å²) in [7, 11) is 0. The molecular formula is C12H16N2O2. The lowest BCUT2D eigenvalue weighted by atomic mass is 10.2. The van der Waals surface area contributed by atoms with Crippen LogP contribution in [-0.4, -0.2) is 28.9 Å². The van der Waals surface area contributed by atoms with Gasteiger partial charge in [-0.3, -0.25) is 9.59 Å². The molecule has 4 nitrogen and oxygen atoms in total. The second-order valence-electron chi connectivity index (χ2n) is 4.15. The van der Waals surface area contributed by atoms with Crippen molar-refractivity contribution in [2.24, 2.45) is 0 Å². The van der Waals surface area contributed by atoms with E-state index in [0.29, 0.717) is 5.56 Å². The van der Waals surface area contributed by atoms with Gasteiger partial charge in [-0.1, -0.05) is 12.8 Å². The smallest absolute Gasteiger partial charge is 0.254 e. The van der Waals surface area contributed by atoms with Crippen molar-refractivity contribution < 1.29 is 4.79 Å². The zero-order valence-corrected chi connectivity index (χ0v) is 9.24. The van der Waals surface area contributed by atoms with Gasteiger partial charge in [0, 0.05) is 30.9 Å². The maximum atomic E-state index is 12.1. The monoisotopic (exact) mass is 220 g/mol. The van der Waals surface area contributed by atoms with Crippen LogP contribution in [-0.2, 0) is 0 Å². The van der Waals surface area contributed by atoms with Gasteiger partial charge in [-0.25, -0.2) is 0 Å². The Balaban J connectivity index is 2.14. The standard InChI is InChI=1S/C12H16N2O2/c15-11-9-10(5-6-13-11)12(16)14-7-3-1-2-4-8-14/h5-6,9H,1-4,7-8H2,(H,13,15). The summed E-state index contributed by atoms with van der Waals surface area (Å²) in [6.07, 6.45) is 6.04. The topological polar surface area (TPSA) is 53.2 Å². The van der Waals surface area contributed by atoms with Crippen LogP contribution in [0.5, 0.6) is 0 Å². The van der Waals surface area contributed by atoms with Crippen molar-refractivity contribution in [1.29, 1.82) is 0 Å². The molecule has 1 aliphatic heterocycles. The first-order valence-electron chi connectivity index (χ1n) is 5.75. The second kappa shape index (κ2) is 4.96. The number of carbonyl (C=O) groups excluding carboxylic acids is 1. The van der Waals surface area contributed by atoms with Gasteiger partial charge in [-0.2, -0.15) is 0 Å². The zero-order valence-electron chi connectivity index (χ0n) is 9.24. The Kier molecular flexibility index (Phi) is 3.39. The lowest BCUT2D eigenvalue weighted by Crippen LogP contribution is -2.32. The summed E-state index contributed by atoms with van der Waals surface area (Å²) < 4.78 is 0. The van der Waals surface area contributed by atoms with Crippen LogP contribution in [0.15, 0.2) is 23.1 Å². The predicted octanol–water partition coefficient (Wildman–Crippen LogP) is 1.39. The molecule has 1 amide bonds. The quantitative estimate of drug-likeness (QED) is 0.777. The van der Waals surface area contributed by atoms with Crippen LogP contribution in [0.25, 0.3) is 0 Å². The summed E-state index contributed by atoms with van der Waals surface area (Å²) in [5, 5.41) is 0. The largest absolute Gasteiger partial charge is 0.339 e. The Morgan fingerprint density at radius 2 is 1.88 bits per heavy atom. The molecule has 0 saturated carbocycles. The molecule has 0 atom stereocenters. The molecular weight excluding hydrogens is 204 g/mol. The summed E-state index contributed by atoms with van der Waals surface area (Å²) in [4.78, 5) is 27.6. The molecule has 0 bridgehead atoms. The summed E-state index contributed by atoms with van der Waals surface area (Å²) in [5.41, 5.74) is 0.270. The Labute approximate surface area is 94.3 Å². The van der Waals surface area contributed by atoms with Crippen LogP contribution >= 0.6 is 0 Å². The normalized spacial score (nSPS) is 16.9. The maximum absolute atomic E-state index is 12.1. The molecule has 0 aromatic carbocycles. The third-order valence-electron chi connectivity index (χ3n) is 2.92. The van der Waals surface area contributed by atoms with Crippen molar-refractivity contribution in [3.8, 4) is 0 Å². The third-order valence-corrected chi connectivity index (χ3v) is 2.92. The van der Waals surface area contributed by atoms with Crippen molar-refractivity contribution in [3.63, 3.8) is 0 Å². The highest BCUT2D eigenvalue weighted by Crippen LogP contribution is 2.12. The van der Waals surface area contributed by atoms with Gasteiger partial charge in [0.2, 0.25) is 5.56 Å². The van der Waals surface area contributed by atoms with Gasteiger partial charge in [-0.15, -0.1) is 0 Å². The number of H-pyrrole nitrogens is 1. The first kappa shape index (κ1) is 10.9. The van der Waals surface area contributed by atoms with Gasteiger partial charge >= 0.3 is 0 Å². The lowest BCUT2D eigenvalue weighted by Gasteiger charge is -2.19. The molecule has 16 heavy (non-hydrogen) atoms. The molecule has 1 N–H and O–H groups in total. The van der Waals surface area contributed by atoms with E-state index in [9.17, 15) is 9.59 Å². The SMILES string of the molecule is O=C(c1cc[nH]c(=O)c1)N1CCCCCC1. The number of hydrogen-bond acceptors (Lipinski definition) is 2. The van der Waals surface area contributed by atoms with Gasteiger partial charge in [0.05, 0.1) is 0 Å². The molecule has 0 radical (unpaired) electrons. The number of nitrogens with zero attached hydrogens (tertiary/aromatic N) is 1. The molecule has 1 aliphatic rings. The number of carbonyl (C=O) groups is 1. The van der Waals surface area contributed by atoms with Crippen LogP contribution in [0.1, 0.15) is 36.0 Å². The average molecular weight is 220 g/mol. The van der Waals surface area contributed by atoms with Gasteiger partial charge in [-0.05, 0) is 18.9 Å². The molecule has 0 spiro atoms. The van der Waals surface area contributed by atoms with Crippen molar-refractivity contribution in [2.45, 2.75) is 25.7 Å². The van der Waals surface area contributed by atoms with Crippen molar-refractivity contribution >= 4 is 5.91 Å². The van der Waals surface area contributed by atoms with E-state index in [2.05, 4.69) is 4.98 Å². The average Bonchev–Trinajstić information content (AvgIpc) is 2.56. The van der Waals surface area contributed by atoms with E-state index in [1.165, 1.54) is 25.1 Å². The second-order valence-corrected chi connectivity index (χ2v) is 4.15. The molecule has 0 aliphatic carbocycles. The number of aromatic amines is 1. The Bertz CT molecular complexity index is 417. The van der Waals surface area contributed by atoms with E-state index < -0.39 is 0 Å². The molecule has 1 aromatic rings. The molecule has 1 aromatic heterocycles. The van der Waals surface area contributed by atoms with Gasteiger partial charge in [0.25, 0.3) is 5.91 Å². The fraction of sp³-hybridized carbons (Fsp3) is 0.500. The molecule has 1 fully saturated rings. The molecule has 4 heteroatoms. The van der Waals surface area contributed by atoms with E-state index in [1.807, 2.05) is 4.90 Å². The van der Waals surface area contributed by atoms with E-state index in [4.69, 9.17) is 0 Å². The molecule has 2 heterocycles. The Hall–Kier alpha value is -1.58. The van der Waals surface area contributed by atoms with E-state index in [1.54, 1.807) is 6.07 Å². The van der Waals surface area contributed by atoms with Crippen molar-refractivity contribution in [1.82, 2.24) is 9.88 Å². The number of rotatable bonds is 1. The van der Waals surface area contributed by atoms with E-state index in [-0.39, 0.29) is 11.5 Å². The summed E-state index contributed by atoms with van der Waals surface area (Å²) in [5.74, 6) is -0.0204. The zero-order chi connectivity index (χ0) is 11.4. The fourth-order valence-corrected chi connectivity index (χ4v) is 2.03. The number of aromatic nitrogens is 1. The first-order valence-corrected chi connectivity index (χ1v) is 5.75. The van der Waals surface area contributed by atoms with Gasteiger partial charge in [0.1, 0.15) is 0 Å². The van der Waals surface area contributed by atoms with Crippen molar-refractivity contribution in [2.75, 3.05) is 13.1 Å². The number of hydrogen-bond donors (Lipinski definition) is 1. The van der Waals surface area contributed by atoms with Gasteiger partial charge < -0.3 is 9.88 Å². The number of nitrogens with one attached hydrogen (secondary N) is 1. The first-order chi connectivity index (χ1) is 7.77. The highest BCUT2D eigenvalue weighted by atomic mass is 16.2. The maximum Gasteiger partial charge on any atom is 0.254 e. The van der Waals surface area contributed by atoms with Gasteiger partial charge in [0.15, 0.2) is 0 Å². The van der Waals surface area contributed by atoms with Crippen LogP contribution in [0, 0.1) is 0 Å². The number of amides is 1. The highest BCUT2D eigenvalue weighted by Gasteiger charge is 2.17. The minimum Gasteiger partial charge on any atom is -0.339 e. The van der Waals surface area contributed by atoms with Crippen molar-refractivity contribution in [3.05, 3.63) is 34.2 Å². The predicted molar refractivity (Wildman–Crippen MR) is 61.4 cm³/mol. The van der Waals surface area contributed by atoms with Crippen LogP contribution in [0.3, 0.4) is 0 Å². The lowest BCUT2D eigenvalue weighted by molar-refractivity contribution is 0.0761. The Morgan fingerprint density at radius 1 is 1.19 bits per heavy atom. The molecule has 1 saturated heterocycles. The van der Waals surface area contributed by atoms with Crippen LogP contribution in [0.4, 0.5) is 0 Å². The molecule has 0 unspecified atom stereocenters. The van der Waals surface area contributed by atoms with Crippen LogP contribution < -0.4 is 5.56 Å². The summed E-state index contributed by atoms with van der Waals surface area (Å²) in [6.45, 7) is 1.62. The summed E-state index contributed by atoms with van der Waals surface area (Å²) in [6, 6.07) is 3.03. The molecule has 2 rings (SSSR count). The minimum atomic E-state index is -0.222. The number of pyridine rings is 1. The molecule has 86 valence electrons. The minimum absolute atomic E-state index is 0.0204. The highest BCUT2D eigenvalue weighted by molar-refractivity contribution is 5.94. The van der Waals surface area contributed by atoms with E-state index in [0.717, 1.165) is 25.9 Å². The Morgan fingerprint density at radius 3 is 2.50 bits per heavy atom. The summed E-state index contributed by atoms with van der Waals surface area (Å²) >= 11 is 0. The fourth-order valence-electron chi connectivity index (χ4n) is 2.03. The number of likely N-dealkylation sites (tertiary alicyclic amines) is 1.